The first kappa shape index (κ1) is 21.8. The second kappa shape index (κ2) is 8.96. The van der Waals surface area contributed by atoms with Gasteiger partial charge in [-0.15, -0.1) is 0 Å². The molecule has 31 heavy (non-hydrogen) atoms. The van der Waals surface area contributed by atoms with E-state index in [0.29, 0.717) is 0 Å². The summed E-state index contributed by atoms with van der Waals surface area (Å²) in [6, 6.07) is 38.2. The summed E-state index contributed by atoms with van der Waals surface area (Å²) in [4.78, 5) is 0. The van der Waals surface area contributed by atoms with E-state index >= 15 is 0 Å². The number of benzene rings is 4. The van der Waals surface area contributed by atoms with Crippen LogP contribution < -0.4 is 20.7 Å². The van der Waals surface area contributed by atoms with Crippen molar-refractivity contribution in [1.29, 1.82) is 0 Å². The average Bonchev–Trinajstić information content (AvgIpc) is 2.85. The molecule has 0 aliphatic carbocycles. The van der Waals surface area contributed by atoms with Gasteiger partial charge < -0.3 is 0 Å². The zero-order valence-corrected chi connectivity index (χ0v) is 20.0. The summed E-state index contributed by atoms with van der Waals surface area (Å²) in [6.45, 7) is -0.0234. The van der Waals surface area contributed by atoms with Crippen LogP contribution in [0.2, 0.25) is 0 Å². The summed E-state index contributed by atoms with van der Waals surface area (Å²) in [5, 5.41) is 10.5. The SMILES string of the molecule is COc1cc(CO)cc(CP(Br)(c2ccccc2)(c2ccccc2)c2ccccc2)c1. The Kier molecular flexibility index (Phi) is 6.29. The van der Waals surface area contributed by atoms with Crippen LogP contribution >= 0.6 is 20.8 Å². The Balaban J connectivity index is 2.07. The van der Waals surface area contributed by atoms with Crippen LogP contribution in [-0.2, 0) is 12.8 Å². The van der Waals surface area contributed by atoms with Crippen LogP contribution in [0, 0.1) is 0 Å². The van der Waals surface area contributed by atoms with Crippen LogP contribution in [0.1, 0.15) is 11.1 Å². The fourth-order valence-electron chi connectivity index (χ4n) is 4.31. The number of methoxy groups -OCH3 is 1. The van der Waals surface area contributed by atoms with Crippen molar-refractivity contribution in [3.8, 4) is 5.75 Å². The molecule has 0 fully saturated rings. The maximum absolute atomic E-state index is 9.84. The molecule has 0 aromatic heterocycles. The van der Waals surface area contributed by atoms with Crippen LogP contribution in [0.4, 0.5) is 0 Å². The van der Waals surface area contributed by atoms with Crippen LogP contribution in [0.15, 0.2) is 109 Å². The second-order valence-electron chi connectivity index (χ2n) is 7.70. The molecule has 0 saturated carbocycles. The third kappa shape index (κ3) is 3.94. The number of ether oxygens (including phenoxy) is 1. The second-order valence-corrected chi connectivity index (χ2v) is 16.6. The molecule has 0 bridgehead atoms. The minimum atomic E-state index is -3.08. The molecule has 4 rings (SSSR count). The predicted molar refractivity (Wildman–Crippen MR) is 137 cm³/mol. The number of hydrogen-bond donors (Lipinski definition) is 1. The molecule has 4 aromatic carbocycles. The van der Waals surface area contributed by atoms with Crippen molar-refractivity contribution in [3.63, 3.8) is 0 Å². The number of rotatable bonds is 7. The predicted octanol–water partition coefficient (Wildman–Crippen LogP) is 5.53. The van der Waals surface area contributed by atoms with E-state index < -0.39 is 5.31 Å². The standard InChI is InChI=1S/C27H26BrO2P/c1-30-24-18-22(20-29)17-23(19-24)21-31(28,25-11-5-2-6-12-25,26-13-7-3-8-14-26)27-15-9-4-10-16-27/h2-19,29H,20-21H2,1H3. The van der Waals surface area contributed by atoms with Crippen molar-refractivity contribution < 1.29 is 9.84 Å². The van der Waals surface area contributed by atoms with Crippen LogP contribution in [0.25, 0.3) is 0 Å². The molecule has 158 valence electrons. The molecule has 0 unspecified atom stereocenters. The summed E-state index contributed by atoms with van der Waals surface area (Å²) >= 11 is 4.47. The fraction of sp³-hybridized carbons (Fsp3) is 0.111. The van der Waals surface area contributed by atoms with Gasteiger partial charge in [-0.2, -0.15) is 0 Å². The van der Waals surface area contributed by atoms with E-state index in [-0.39, 0.29) is 6.61 Å². The number of hydrogen-bond acceptors (Lipinski definition) is 2. The van der Waals surface area contributed by atoms with E-state index in [1.165, 1.54) is 15.9 Å². The van der Waals surface area contributed by atoms with Gasteiger partial charge in [0.1, 0.15) is 0 Å². The van der Waals surface area contributed by atoms with Crippen LogP contribution in [0.3, 0.4) is 0 Å². The average molecular weight is 493 g/mol. The van der Waals surface area contributed by atoms with Gasteiger partial charge in [0, 0.05) is 0 Å². The molecule has 1 N–H and O–H groups in total. The van der Waals surface area contributed by atoms with Crippen molar-refractivity contribution in [1.82, 2.24) is 0 Å². The van der Waals surface area contributed by atoms with Gasteiger partial charge in [-0.25, -0.2) is 0 Å². The molecular weight excluding hydrogens is 467 g/mol. The summed E-state index contributed by atoms with van der Waals surface area (Å²) in [6.07, 6.45) is 0.758. The molecular formula is C27H26BrO2P. The molecule has 0 aliphatic heterocycles. The normalized spacial score (nSPS) is 12.7. The molecule has 0 heterocycles. The molecule has 0 atom stereocenters. The molecule has 0 radical (unpaired) electrons. The van der Waals surface area contributed by atoms with Crippen molar-refractivity contribution in [2.75, 3.05) is 7.11 Å². The Morgan fingerprint density at radius 1 is 0.677 bits per heavy atom. The summed E-state index contributed by atoms with van der Waals surface area (Å²) < 4.78 is 5.55. The van der Waals surface area contributed by atoms with Crippen molar-refractivity contribution in [2.24, 2.45) is 0 Å². The number of aliphatic hydroxyl groups is 1. The Labute approximate surface area is 192 Å². The van der Waals surface area contributed by atoms with E-state index in [1.807, 2.05) is 6.07 Å². The van der Waals surface area contributed by atoms with E-state index in [2.05, 4.69) is 119 Å². The van der Waals surface area contributed by atoms with Gasteiger partial charge in [0.2, 0.25) is 0 Å². The number of aliphatic hydroxyl groups excluding tert-OH is 1. The molecule has 2 nitrogen and oxygen atoms in total. The topological polar surface area (TPSA) is 29.5 Å². The quantitative estimate of drug-likeness (QED) is 0.344. The first-order valence-electron chi connectivity index (χ1n) is 10.3. The Bertz CT molecular complexity index is 1030. The van der Waals surface area contributed by atoms with Gasteiger partial charge in [-0.3, -0.25) is 0 Å². The van der Waals surface area contributed by atoms with Gasteiger partial charge in [0.25, 0.3) is 0 Å². The van der Waals surface area contributed by atoms with E-state index in [4.69, 9.17) is 4.74 Å². The Morgan fingerprint density at radius 2 is 1.10 bits per heavy atom. The van der Waals surface area contributed by atoms with Crippen LogP contribution in [0.5, 0.6) is 5.75 Å². The number of halogens is 1. The third-order valence-corrected chi connectivity index (χ3v) is 15.3. The first-order chi connectivity index (χ1) is 15.1. The molecule has 0 spiro atoms. The van der Waals surface area contributed by atoms with Gasteiger partial charge in [0.05, 0.1) is 0 Å². The zero-order chi connectivity index (χ0) is 21.8. The molecule has 4 aromatic rings. The summed E-state index contributed by atoms with van der Waals surface area (Å²) in [7, 11) is 1.67. The Hall–Kier alpha value is -2.45. The Morgan fingerprint density at radius 3 is 1.48 bits per heavy atom. The van der Waals surface area contributed by atoms with Gasteiger partial charge in [0.15, 0.2) is 0 Å². The summed E-state index contributed by atoms with van der Waals surface area (Å²) in [5.41, 5.74) is 1.97. The maximum atomic E-state index is 9.84. The molecule has 0 amide bonds. The summed E-state index contributed by atoms with van der Waals surface area (Å²) in [5.74, 6) is 0.758. The minimum absolute atomic E-state index is 0.0234. The van der Waals surface area contributed by atoms with Crippen molar-refractivity contribution in [2.45, 2.75) is 12.8 Å². The molecule has 0 saturated heterocycles. The first-order valence-corrected chi connectivity index (χ1v) is 14.7. The van der Waals surface area contributed by atoms with E-state index in [0.717, 1.165) is 23.0 Å². The van der Waals surface area contributed by atoms with Crippen LogP contribution in [-0.4, -0.2) is 12.2 Å². The van der Waals surface area contributed by atoms with Crippen molar-refractivity contribution in [3.05, 3.63) is 120 Å². The fourth-order valence-corrected chi connectivity index (χ4v) is 12.0. The molecule has 4 heteroatoms. The molecule has 0 aliphatic rings. The van der Waals surface area contributed by atoms with E-state index in [9.17, 15) is 5.11 Å². The van der Waals surface area contributed by atoms with Gasteiger partial charge in [-0.1, -0.05) is 0 Å². The zero-order valence-electron chi connectivity index (χ0n) is 17.5. The van der Waals surface area contributed by atoms with Crippen molar-refractivity contribution >= 4 is 36.7 Å². The third-order valence-electron chi connectivity index (χ3n) is 5.81. The monoisotopic (exact) mass is 492 g/mol. The van der Waals surface area contributed by atoms with E-state index in [1.54, 1.807) is 7.11 Å². The van der Waals surface area contributed by atoms with Gasteiger partial charge >= 0.3 is 193 Å². The van der Waals surface area contributed by atoms with Gasteiger partial charge in [-0.05, 0) is 0 Å².